The molecule has 6 heteroatoms. The van der Waals surface area contributed by atoms with E-state index in [4.69, 9.17) is 5.26 Å². The summed E-state index contributed by atoms with van der Waals surface area (Å²) in [5.41, 5.74) is 8.06. The van der Waals surface area contributed by atoms with Gasteiger partial charge in [0.05, 0.1) is 17.3 Å². The largest absolute Gasteiger partial charge is 0.371 e. The number of nitriles is 3. The van der Waals surface area contributed by atoms with Gasteiger partial charge in [0.2, 0.25) is 0 Å². The van der Waals surface area contributed by atoms with Crippen LogP contribution in [0.2, 0.25) is 0 Å². The summed E-state index contributed by atoms with van der Waals surface area (Å²) in [6, 6.07) is 17.7. The van der Waals surface area contributed by atoms with Crippen molar-refractivity contribution in [2.24, 2.45) is 9.98 Å². The lowest BCUT2D eigenvalue weighted by Crippen LogP contribution is -2.34. The summed E-state index contributed by atoms with van der Waals surface area (Å²) in [6.07, 6.45) is 8.92. The Hall–Kier alpha value is -4.47. The Morgan fingerprint density at radius 1 is 0.794 bits per heavy atom. The van der Waals surface area contributed by atoms with Gasteiger partial charge in [0.15, 0.2) is 11.4 Å². The highest BCUT2D eigenvalue weighted by Crippen LogP contribution is 2.36. The second-order valence-corrected chi connectivity index (χ2v) is 8.66. The maximum absolute atomic E-state index is 9.58. The van der Waals surface area contributed by atoms with Crippen LogP contribution >= 0.6 is 0 Å². The molecule has 0 fully saturated rings. The van der Waals surface area contributed by atoms with Gasteiger partial charge in [-0.15, -0.1) is 0 Å². The van der Waals surface area contributed by atoms with Gasteiger partial charge in [-0.2, -0.15) is 15.8 Å². The van der Waals surface area contributed by atoms with Crippen molar-refractivity contribution in [3.63, 3.8) is 0 Å². The summed E-state index contributed by atoms with van der Waals surface area (Å²) in [7, 11) is 0. The molecule has 5 rings (SSSR count). The Bertz CT molecular complexity index is 1370. The smallest absolute Gasteiger partial charge is 0.177 e. The molecular weight excluding hydrogens is 420 g/mol. The minimum atomic E-state index is 0.00330. The van der Waals surface area contributed by atoms with Crippen molar-refractivity contribution in [1.82, 2.24) is 0 Å². The second kappa shape index (κ2) is 9.18. The van der Waals surface area contributed by atoms with Crippen LogP contribution in [-0.4, -0.2) is 24.5 Å². The third-order valence-electron chi connectivity index (χ3n) is 6.46. The molecule has 3 aliphatic heterocycles. The molecule has 0 amide bonds. The number of allylic oxidation sites excluding steroid dienone is 3. The van der Waals surface area contributed by atoms with Gasteiger partial charge < -0.3 is 4.90 Å². The molecule has 0 aliphatic carbocycles. The Morgan fingerprint density at radius 2 is 1.44 bits per heavy atom. The van der Waals surface area contributed by atoms with E-state index in [1.165, 1.54) is 29.7 Å². The van der Waals surface area contributed by atoms with Crippen molar-refractivity contribution in [3.8, 4) is 18.2 Å². The predicted octanol–water partition coefficient (Wildman–Crippen LogP) is 4.86. The monoisotopic (exact) mass is 442 g/mol. The first-order valence-corrected chi connectivity index (χ1v) is 11.5. The third kappa shape index (κ3) is 4.13. The van der Waals surface area contributed by atoms with E-state index in [2.05, 4.69) is 33.1 Å². The summed E-state index contributed by atoms with van der Waals surface area (Å²) in [5.74, 6) is 0. The Kier molecular flexibility index (Phi) is 5.77. The van der Waals surface area contributed by atoms with Gasteiger partial charge in [0, 0.05) is 30.9 Å². The molecule has 3 heterocycles. The van der Waals surface area contributed by atoms with E-state index in [1.54, 1.807) is 12.1 Å². The molecule has 0 bridgehead atoms. The predicted molar refractivity (Wildman–Crippen MR) is 132 cm³/mol. The Labute approximate surface area is 199 Å². The quantitative estimate of drug-likeness (QED) is 0.677. The Morgan fingerprint density at radius 3 is 2.06 bits per heavy atom. The van der Waals surface area contributed by atoms with Crippen LogP contribution in [0.15, 0.2) is 63.9 Å². The molecule has 0 saturated carbocycles. The SMILES string of the molecule is N#CC1=C(C#N)N=C(c2ccc(C#N)cc2)CC(/C=C/c2cc3c4c(c2)CCCN4CCC3)=N1. The van der Waals surface area contributed by atoms with Crippen molar-refractivity contribution in [3.05, 3.63) is 81.7 Å². The van der Waals surface area contributed by atoms with Crippen LogP contribution in [0.3, 0.4) is 0 Å². The fraction of sp³-hybridized carbons (Fsp3) is 0.250. The fourth-order valence-corrected chi connectivity index (χ4v) is 4.91. The van der Waals surface area contributed by atoms with Crippen molar-refractivity contribution in [1.29, 1.82) is 15.8 Å². The first kappa shape index (κ1) is 21.4. The zero-order valence-corrected chi connectivity index (χ0v) is 18.8. The molecule has 0 N–H and O–H groups in total. The number of nitrogens with zero attached hydrogens (tertiary/aromatic N) is 6. The second-order valence-electron chi connectivity index (χ2n) is 8.66. The number of anilines is 1. The number of hydrogen-bond acceptors (Lipinski definition) is 6. The molecule has 3 aliphatic rings. The molecule has 34 heavy (non-hydrogen) atoms. The van der Waals surface area contributed by atoms with Crippen molar-refractivity contribution < 1.29 is 0 Å². The standard InChI is InChI=1S/C28H22N6/c29-16-19-5-8-21(9-6-19)25-15-24(32-26(17-30)27(18-31)33-25)10-7-20-13-22-3-1-11-34-12-2-4-23(14-20)28(22)34/h5-10,13-14H,1-4,11-12,15H2/b10-7+. The van der Waals surface area contributed by atoms with Crippen LogP contribution in [-0.2, 0) is 12.8 Å². The fourth-order valence-electron chi connectivity index (χ4n) is 4.91. The van der Waals surface area contributed by atoms with E-state index in [-0.39, 0.29) is 11.4 Å². The minimum Gasteiger partial charge on any atom is -0.371 e. The molecule has 0 atom stereocenters. The summed E-state index contributed by atoms with van der Waals surface area (Å²) in [6.45, 7) is 2.29. The third-order valence-corrected chi connectivity index (χ3v) is 6.46. The summed E-state index contributed by atoms with van der Waals surface area (Å²) >= 11 is 0. The van der Waals surface area contributed by atoms with Crippen LogP contribution in [0.1, 0.15) is 47.1 Å². The highest BCUT2D eigenvalue weighted by Gasteiger charge is 2.24. The summed E-state index contributed by atoms with van der Waals surface area (Å²) < 4.78 is 0. The summed E-state index contributed by atoms with van der Waals surface area (Å²) in [4.78, 5) is 11.5. The highest BCUT2D eigenvalue weighted by atomic mass is 15.1. The van der Waals surface area contributed by atoms with E-state index in [9.17, 15) is 10.5 Å². The van der Waals surface area contributed by atoms with Gasteiger partial charge >= 0.3 is 0 Å². The lowest BCUT2D eigenvalue weighted by molar-refractivity contribution is 0.634. The molecular formula is C28H22N6. The normalized spacial score (nSPS) is 17.1. The lowest BCUT2D eigenvalue weighted by atomic mass is 9.90. The molecule has 0 radical (unpaired) electrons. The molecule has 164 valence electrons. The van der Waals surface area contributed by atoms with Gasteiger partial charge in [-0.05, 0) is 78.3 Å². The van der Waals surface area contributed by atoms with Gasteiger partial charge in [-0.3, -0.25) is 0 Å². The van der Waals surface area contributed by atoms with Gasteiger partial charge in [-0.25, -0.2) is 9.98 Å². The zero-order valence-electron chi connectivity index (χ0n) is 18.8. The molecule has 2 aromatic rings. The molecule has 0 saturated heterocycles. The average molecular weight is 443 g/mol. The van der Waals surface area contributed by atoms with Gasteiger partial charge in [-0.1, -0.05) is 18.2 Å². The highest BCUT2D eigenvalue weighted by molar-refractivity contribution is 6.18. The van der Waals surface area contributed by atoms with E-state index in [1.807, 2.05) is 36.4 Å². The number of benzene rings is 2. The van der Waals surface area contributed by atoms with Crippen molar-refractivity contribution in [2.45, 2.75) is 32.1 Å². The van der Waals surface area contributed by atoms with E-state index < -0.39 is 0 Å². The topological polar surface area (TPSA) is 99.3 Å². The average Bonchev–Trinajstić information content (AvgIpc) is 3.07. The van der Waals surface area contributed by atoms with Gasteiger partial charge in [0.25, 0.3) is 0 Å². The summed E-state index contributed by atoms with van der Waals surface area (Å²) in [5, 5.41) is 28.2. The number of hydrogen-bond donors (Lipinski definition) is 0. The number of aliphatic imine (C=N–C) groups is 2. The first-order chi connectivity index (χ1) is 16.7. The zero-order chi connectivity index (χ0) is 23.5. The van der Waals surface area contributed by atoms with E-state index in [0.29, 0.717) is 23.4 Å². The molecule has 6 nitrogen and oxygen atoms in total. The minimum absolute atomic E-state index is 0.00330. The van der Waals surface area contributed by atoms with Crippen LogP contribution in [0.25, 0.3) is 6.08 Å². The van der Waals surface area contributed by atoms with Crippen LogP contribution in [0.5, 0.6) is 0 Å². The van der Waals surface area contributed by atoms with E-state index in [0.717, 1.165) is 37.1 Å². The Balaban J connectivity index is 1.50. The maximum Gasteiger partial charge on any atom is 0.177 e. The number of aryl methyl sites for hydroxylation is 2. The lowest BCUT2D eigenvalue weighted by Gasteiger charge is -2.37. The van der Waals surface area contributed by atoms with E-state index >= 15 is 0 Å². The molecule has 0 unspecified atom stereocenters. The van der Waals surface area contributed by atoms with Gasteiger partial charge in [0.1, 0.15) is 12.1 Å². The van der Waals surface area contributed by atoms with Crippen molar-refractivity contribution in [2.75, 3.05) is 18.0 Å². The first-order valence-electron chi connectivity index (χ1n) is 11.5. The number of rotatable bonds is 3. The van der Waals surface area contributed by atoms with Crippen LogP contribution < -0.4 is 4.90 Å². The van der Waals surface area contributed by atoms with Crippen molar-refractivity contribution >= 4 is 23.2 Å². The maximum atomic E-state index is 9.58. The van der Waals surface area contributed by atoms with Crippen LogP contribution in [0.4, 0.5) is 5.69 Å². The molecule has 2 aromatic carbocycles. The molecule has 0 spiro atoms. The van der Waals surface area contributed by atoms with Crippen LogP contribution in [0, 0.1) is 34.0 Å². The molecule has 0 aromatic heterocycles.